The standard InChI is InChI=1S/C44H63BN6O9S/c1-6-33(7-2)61-36-26-39(54)51(42(36)57)24-21-38(53)47-29(3)27-60-44(4,5)22-20-37(52)49-35(25-30-13-9-8-10-14-30)41(56)50-34(15-11-12-23-46)40(55)48-32-18-16-31(17-19-32)28-59-43(45)58/h8-10,13-14,16-19,29,33-36H,6-7,11-12,15,20-28,46H2,1-5H3,(H,47,53)(H,48,55)(H,49,52)(H,50,56)/t29?,34-,35-,36?/m0/s1. The lowest BCUT2D eigenvalue weighted by molar-refractivity contribution is -0.138. The molecule has 61 heavy (non-hydrogen) atoms. The second-order valence-corrected chi connectivity index (χ2v) is 17.4. The predicted molar refractivity (Wildman–Crippen MR) is 236 cm³/mol. The number of carbonyl (C=O) groups excluding carboxylic acids is 7. The fraction of sp³-hybridized carbons (Fsp3) is 0.568. The fourth-order valence-electron chi connectivity index (χ4n) is 6.57. The zero-order chi connectivity index (χ0) is 45.0. The Morgan fingerprint density at radius 2 is 1.56 bits per heavy atom. The van der Waals surface area contributed by atoms with Gasteiger partial charge in [0.1, 0.15) is 18.7 Å². The highest BCUT2D eigenvalue weighted by Crippen LogP contribution is 2.31. The Morgan fingerprint density at radius 3 is 2.20 bits per heavy atom. The van der Waals surface area contributed by atoms with Gasteiger partial charge in [0.2, 0.25) is 49.2 Å². The van der Waals surface area contributed by atoms with Gasteiger partial charge in [0.05, 0.1) is 17.5 Å². The summed E-state index contributed by atoms with van der Waals surface area (Å²) in [5, 5.41) is 11.3. The number of amides is 6. The minimum absolute atomic E-state index is 0.0185. The normalized spacial score (nSPS) is 15.5. The summed E-state index contributed by atoms with van der Waals surface area (Å²) >= 11 is 1.54. The van der Waals surface area contributed by atoms with Crippen LogP contribution in [-0.2, 0) is 51.3 Å². The van der Waals surface area contributed by atoms with Crippen LogP contribution in [0.5, 0.6) is 0 Å². The Bertz CT molecular complexity index is 1760. The Kier molecular flexibility index (Phi) is 21.5. The Morgan fingerprint density at radius 1 is 0.885 bits per heavy atom. The summed E-state index contributed by atoms with van der Waals surface area (Å²) in [7, 11) is 5.04. The average molecular weight is 863 g/mol. The van der Waals surface area contributed by atoms with Gasteiger partial charge in [0, 0.05) is 49.2 Å². The lowest BCUT2D eigenvalue weighted by Crippen LogP contribution is -2.53. The van der Waals surface area contributed by atoms with Crippen LogP contribution >= 0.6 is 11.8 Å². The number of thioether (sulfide) groups is 1. The largest absolute Gasteiger partial charge is 0.470 e. The van der Waals surface area contributed by atoms with E-state index in [1.165, 1.54) is 16.7 Å². The summed E-state index contributed by atoms with van der Waals surface area (Å²) < 4.78 is 10.9. The van der Waals surface area contributed by atoms with Crippen molar-refractivity contribution in [1.82, 2.24) is 20.9 Å². The first-order valence-corrected chi connectivity index (χ1v) is 22.1. The number of rotatable bonds is 27. The minimum Gasteiger partial charge on any atom is -0.470 e. The van der Waals surface area contributed by atoms with Gasteiger partial charge >= 0.3 is 0 Å². The van der Waals surface area contributed by atoms with Crippen LogP contribution in [-0.4, -0.2) is 108 Å². The van der Waals surface area contributed by atoms with E-state index < -0.39 is 40.6 Å². The first kappa shape index (κ1) is 50.6. The van der Waals surface area contributed by atoms with E-state index in [4.69, 9.17) is 23.1 Å². The van der Waals surface area contributed by atoms with Crippen LogP contribution < -0.4 is 27.0 Å². The topological polar surface area (TPSA) is 215 Å². The van der Waals surface area contributed by atoms with Crippen molar-refractivity contribution in [3.63, 3.8) is 0 Å². The average Bonchev–Trinajstić information content (AvgIpc) is 3.50. The van der Waals surface area contributed by atoms with Crippen molar-refractivity contribution in [2.75, 3.05) is 25.0 Å². The van der Waals surface area contributed by atoms with Gasteiger partial charge in [-0.2, -0.15) is 0 Å². The van der Waals surface area contributed by atoms with Gasteiger partial charge in [0.15, 0.2) is 0 Å². The Hall–Kier alpha value is -4.74. The van der Waals surface area contributed by atoms with Gasteiger partial charge in [0.25, 0.3) is 0 Å². The Labute approximate surface area is 365 Å². The molecule has 0 saturated carbocycles. The molecular weight excluding hydrogens is 799 g/mol. The predicted octanol–water partition coefficient (Wildman–Crippen LogP) is 4.29. The van der Waals surface area contributed by atoms with E-state index in [9.17, 15) is 33.6 Å². The number of imide groups is 1. The number of likely N-dealkylation sites (tertiary alicyclic amines) is 1. The summed E-state index contributed by atoms with van der Waals surface area (Å²) in [4.78, 5) is 91.1. The minimum atomic E-state index is -0.996. The molecule has 1 aliphatic rings. The molecule has 332 valence electrons. The summed E-state index contributed by atoms with van der Waals surface area (Å²) in [5.41, 5.74) is 6.88. The maximum atomic E-state index is 13.9. The monoisotopic (exact) mass is 862 g/mol. The van der Waals surface area contributed by atoms with Crippen LogP contribution in [0.25, 0.3) is 0 Å². The van der Waals surface area contributed by atoms with Crippen molar-refractivity contribution >= 4 is 66.6 Å². The van der Waals surface area contributed by atoms with E-state index in [2.05, 4.69) is 35.1 Å². The van der Waals surface area contributed by atoms with Crippen molar-refractivity contribution in [1.29, 1.82) is 0 Å². The first-order chi connectivity index (χ1) is 29.0. The zero-order valence-corrected chi connectivity index (χ0v) is 37.0. The van der Waals surface area contributed by atoms with Gasteiger partial charge in [-0.3, -0.25) is 38.5 Å². The second kappa shape index (κ2) is 25.9. The highest BCUT2D eigenvalue weighted by molar-refractivity contribution is 8.01. The maximum absolute atomic E-state index is 13.9. The molecule has 3 rings (SSSR count). The molecule has 6 amide bonds. The smallest absolute Gasteiger partial charge is 0.246 e. The summed E-state index contributed by atoms with van der Waals surface area (Å²) in [6.45, 7) is 10.1. The number of nitrogens with two attached hydrogens (primary N) is 1. The molecule has 2 aromatic rings. The fourth-order valence-corrected chi connectivity index (χ4v) is 7.91. The molecule has 0 aromatic heterocycles. The molecule has 0 spiro atoms. The van der Waals surface area contributed by atoms with E-state index in [1.54, 1.807) is 31.2 Å². The van der Waals surface area contributed by atoms with E-state index >= 15 is 0 Å². The molecule has 1 aliphatic heterocycles. The van der Waals surface area contributed by atoms with Gasteiger partial charge < -0.3 is 36.5 Å². The molecule has 0 aliphatic carbocycles. The molecule has 15 nitrogen and oxygen atoms in total. The Balaban J connectivity index is 1.54. The molecule has 2 radical (unpaired) electrons. The number of anilines is 1. The number of carbonyl (C=O) groups is 7. The van der Waals surface area contributed by atoms with Crippen molar-refractivity contribution < 1.29 is 43.0 Å². The van der Waals surface area contributed by atoms with Crippen LogP contribution in [0.2, 0.25) is 0 Å². The van der Waals surface area contributed by atoms with Crippen molar-refractivity contribution in [3.8, 4) is 0 Å². The van der Waals surface area contributed by atoms with Crippen LogP contribution in [0, 0.1) is 0 Å². The van der Waals surface area contributed by atoms with Crippen LogP contribution in [0.15, 0.2) is 54.6 Å². The number of benzene rings is 2. The summed E-state index contributed by atoms with van der Waals surface area (Å²) in [6.07, 6.45) is 4.01. The molecule has 1 heterocycles. The number of hydrogen-bond donors (Lipinski definition) is 5. The molecule has 4 atom stereocenters. The van der Waals surface area contributed by atoms with Crippen molar-refractivity contribution in [2.45, 2.75) is 140 Å². The van der Waals surface area contributed by atoms with Gasteiger partial charge in [-0.25, -0.2) is 0 Å². The molecule has 2 unspecified atom stereocenters. The maximum Gasteiger partial charge on any atom is 0.246 e. The van der Waals surface area contributed by atoms with Gasteiger partial charge in [-0.1, -0.05) is 56.3 Å². The van der Waals surface area contributed by atoms with E-state index in [0.717, 1.165) is 18.4 Å². The van der Waals surface area contributed by atoms with Crippen LogP contribution in [0.3, 0.4) is 0 Å². The third kappa shape index (κ3) is 18.4. The SMILES string of the molecule is [B]C(=O)OCc1ccc(NC(=O)[C@H](CCCCN)NC(=O)[C@H](Cc2ccccc2)NC(=O)CCC(C)(C)OCC(C)NC(=O)CCN2C(=O)CC(SC(CC)CC)C2=O)cc1. The zero-order valence-electron chi connectivity index (χ0n) is 36.2. The molecule has 6 N–H and O–H groups in total. The number of ether oxygens (including phenoxy) is 2. The van der Waals surface area contributed by atoms with Crippen LogP contribution in [0.4, 0.5) is 10.5 Å². The number of nitrogens with one attached hydrogen (secondary N) is 4. The lowest BCUT2D eigenvalue weighted by Gasteiger charge is -2.28. The summed E-state index contributed by atoms with van der Waals surface area (Å²) in [5.74, 6) is -3.05. The number of hydrogen-bond acceptors (Lipinski definition) is 11. The third-order valence-corrected chi connectivity index (χ3v) is 12.0. The van der Waals surface area contributed by atoms with Gasteiger partial charge in [-0.05, 0) is 89.1 Å². The molecule has 1 fully saturated rings. The van der Waals surface area contributed by atoms with E-state index in [-0.39, 0.29) is 75.1 Å². The molecular formula is C44H63BN6O9S. The second-order valence-electron chi connectivity index (χ2n) is 15.9. The molecule has 1 saturated heterocycles. The number of nitrogens with zero attached hydrogens (tertiary/aromatic N) is 1. The van der Waals surface area contributed by atoms with E-state index in [0.29, 0.717) is 48.7 Å². The van der Waals surface area contributed by atoms with Gasteiger partial charge in [-0.15, -0.1) is 11.8 Å². The van der Waals surface area contributed by atoms with Crippen molar-refractivity contribution in [2.24, 2.45) is 5.73 Å². The van der Waals surface area contributed by atoms with E-state index in [1.807, 2.05) is 44.2 Å². The first-order valence-electron chi connectivity index (χ1n) is 21.1. The highest BCUT2D eigenvalue weighted by atomic mass is 32.2. The molecule has 17 heteroatoms. The summed E-state index contributed by atoms with van der Waals surface area (Å²) in [6, 6.07) is 13.5. The van der Waals surface area contributed by atoms with Crippen molar-refractivity contribution in [3.05, 3.63) is 65.7 Å². The third-order valence-electron chi connectivity index (χ3n) is 10.2. The number of unbranched alkanes of at least 4 members (excludes halogenated alkanes) is 1. The molecule has 2 aromatic carbocycles. The lowest BCUT2D eigenvalue weighted by atomic mass is 10.0. The molecule has 0 bridgehead atoms. The van der Waals surface area contributed by atoms with Crippen LogP contribution in [0.1, 0.15) is 104 Å². The quantitative estimate of drug-likeness (QED) is 0.0485. The highest BCUT2D eigenvalue weighted by Gasteiger charge is 2.39.